The van der Waals surface area contributed by atoms with Gasteiger partial charge >= 0.3 is 0 Å². The van der Waals surface area contributed by atoms with Crippen LogP contribution < -0.4 is 11.1 Å². The predicted molar refractivity (Wildman–Crippen MR) is 79.4 cm³/mol. The van der Waals surface area contributed by atoms with Gasteiger partial charge in [0.2, 0.25) is 0 Å². The number of sulfone groups is 1. The van der Waals surface area contributed by atoms with E-state index < -0.39 is 9.84 Å². The number of nitrogens with one attached hydrogen (secondary N) is 1. The zero-order chi connectivity index (χ0) is 15.5. The van der Waals surface area contributed by atoms with Crippen molar-refractivity contribution in [1.82, 2.24) is 10.2 Å². The summed E-state index contributed by atoms with van der Waals surface area (Å²) in [6.07, 6.45) is 1.08. The van der Waals surface area contributed by atoms with E-state index in [2.05, 4.69) is 5.32 Å². The first-order chi connectivity index (χ1) is 9.09. The smallest absolute Gasteiger partial charge is 0.251 e. The number of anilines is 1. The van der Waals surface area contributed by atoms with Crippen LogP contribution in [0.3, 0.4) is 0 Å². The predicted octanol–water partition coefficient (Wildman–Crippen LogP) is 0.352. The Hall–Kier alpha value is -1.60. The maximum atomic E-state index is 12.1. The van der Waals surface area contributed by atoms with E-state index in [1.165, 1.54) is 18.2 Å². The number of nitrogen functional groups attached to an aromatic ring is 1. The molecule has 0 heterocycles. The minimum Gasteiger partial charge on any atom is -0.399 e. The topological polar surface area (TPSA) is 92.5 Å². The molecular formula is C13H21N3O3S. The maximum Gasteiger partial charge on any atom is 0.251 e. The number of likely N-dealkylation sites (N-methyl/N-ethyl adjacent to an activating group) is 1. The van der Waals surface area contributed by atoms with Crippen LogP contribution in [0.4, 0.5) is 5.69 Å². The van der Waals surface area contributed by atoms with Crippen molar-refractivity contribution in [3.63, 3.8) is 0 Å². The van der Waals surface area contributed by atoms with Crippen LogP contribution in [0.5, 0.6) is 0 Å². The van der Waals surface area contributed by atoms with E-state index in [0.29, 0.717) is 6.54 Å². The van der Waals surface area contributed by atoms with Crippen molar-refractivity contribution in [2.45, 2.75) is 17.9 Å². The Morgan fingerprint density at radius 3 is 2.45 bits per heavy atom. The van der Waals surface area contributed by atoms with Crippen molar-refractivity contribution < 1.29 is 13.2 Å². The van der Waals surface area contributed by atoms with Gasteiger partial charge in [0.25, 0.3) is 5.91 Å². The summed E-state index contributed by atoms with van der Waals surface area (Å²) in [5, 5.41) is 2.80. The molecule has 0 spiro atoms. The van der Waals surface area contributed by atoms with E-state index in [1.807, 2.05) is 25.9 Å². The minimum absolute atomic E-state index is 0.0444. The second-order valence-corrected chi connectivity index (χ2v) is 7.22. The molecule has 0 saturated carbocycles. The van der Waals surface area contributed by atoms with Crippen molar-refractivity contribution >= 4 is 21.4 Å². The van der Waals surface area contributed by atoms with Gasteiger partial charge in [-0.05, 0) is 39.2 Å². The second-order valence-electron chi connectivity index (χ2n) is 5.20. The van der Waals surface area contributed by atoms with Crippen LogP contribution in [-0.2, 0) is 9.84 Å². The molecule has 0 aliphatic carbocycles. The zero-order valence-electron chi connectivity index (χ0n) is 12.2. The number of amides is 1. The van der Waals surface area contributed by atoms with Gasteiger partial charge in [0.05, 0.1) is 4.90 Å². The molecule has 0 fully saturated rings. The molecule has 1 amide bonds. The number of hydrogen-bond donors (Lipinski definition) is 2. The van der Waals surface area contributed by atoms with Gasteiger partial charge in [-0.3, -0.25) is 4.79 Å². The summed E-state index contributed by atoms with van der Waals surface area (Å²) in [6, 6.07) is 4.09. The van der Waals surface area contributed by atoms with Crippen LogP contribution >= 0.6 is 0 Å². The Balaban J connectivity index is 2.97. The minimum atomic E-state index is -3.40. The van der Waals surface area contributed by atoms with Crippen molar-refractivity contribution in [3.8, 4) is 0 Å². The summed E-state index contributed by atoms with van der Waals surface area (Å²) in [5.74, 6) is -0.337. The quantitative estimate of drug-likeness (QED) is 0.766. The number of rotatable bonds is 5. The van der Waals surface area contributed by atoms with E-state index in [-0.39, 0.29) is 28.1 Å². The summed E-state index contributed by atoms with van der Waals surface area (Å²) >= 11 is 0. The summed E-state index contributed by atoms with van der Waals surface area (Å²) < 4.78 is 23.1. The summed E-state index contributed by atoms with van der Waals surface area (Å²) in [7, 11) is 0.418. The van der Waals surface area contributed by atoms with Crippen LogP contribution in [0.25, 0.3) is 0 Å². The number of carbonyl (C=O) groups excluding carboxylic acids is 1. The lowest BCUT2D eigenvalue weighted by atomic mass is 10.1. The molecule has 3 N–H and O–H groups in total. The van der Waals surface area contributed by atoms with E-state index in [1.54, 1.807) is 0 Å². The molecule has 112 valence electrons. The maximum absolute atomic E-state index is 12.1. The van der Waals surface area contributed by atoms with Crippen LogP contribution in [0.15, 0.2) is 23.1 Å². The monoisotopic (exact) mass is 299 g/mol. The third-order valence-electron chi connectivity index (χ3n) is 2.64. The molecule has 0 aromatic heterocycles. The van der Waals surface area contributed by atoms with Gasteiger partial charge in [0.15, 0.2) is 9.84 Å². The Morgan fingerprint density at radius 2 is 1.95 bits per heavy atom. The van der Waals surface area contributed by atoms with Gasteiger partial charge in [-0.25, -0.2) is 8.42 Å². The van der Waals surface area contributed by atoms with E-state index >= 15 is 0 Å². The molecule has 1 atom stereocenters. The molecule has 20 heavy (non-hydrogen) atoms. The Labute approximate surface area is 119 Å². The van der Waals surface area contributed by atoms with E-state index in [9.17, 15) is 13.2 Å². The third kappa shape index (κ3) is 4.82. The lowest BCUT2D eigenvalue weighted by Crippen LogP contribution is -2.39. The van der Waals surface area contributed by atoms with Gasteiger partial charge in [0, 0.05) is 30.1 Å². The molecule has 1 aromatic carbocycles. The Morgan fingerprint density at radius 1 is 1.35 bits per heavy atom. The third-order valence-corrected chi connectivity index (χ3v) is 3.73. The van der Waals surface area contributed by atoms with Crippen molar-refractivity contribution in [2.75, 3.05) is 32.6 Å². The fourth-order valence-corrected chi connectivity index (χ4v) is 2.56. The van der Waals surface area contributed by atoms with E-state index in [0.717, 1.165) is 6.26 Å². The van der Waals surface area contributed by atoms with Crippen LogP contribution in [0, 0.1) is 0 Å². The fourth-order valence-electron chi connectivity index (χ4n) is 1.87. The summed E-state index contributed by atoms with van der Waals surface area (Å²) in [5.41, 5.74) is 6.15. The fraction of sp³-hybridized carbons (Fsp3) is 0.462. The molecule has 0 saturated heterocycles. The van der Waals surface area contributed by atoms with Crippen molar-refractivity contribution in [2.24, 2.45) is 0 Å². The highest BCUT2D eigenvalue weighted by Gasteiger charge is 2.15. The SMILES string of the molecule is CC(CN(C)C)NC(=O)c1cc(N)cc(S(C)(=O)=O)c1. The second kappa shape index (κ2) is 6.23. The normalized spacial score (nSPS) is 13.2. The average molecular weight is 299 g/mol. The van der Waals surface area contributed by atoms with Gasteiger partial charge in [0.1, 0.15) is 0 Å². The molecule has 6 nitrogen and oxygen atoms in total. The highest BCUT2D eigenvalue weighted by molar-refractivity contribution is 7.90. The molecule has 1 unspecified atom stereocenters. The molecule has 0 aliphatic rings. The molecule has 7 heteroatoms. The van der Waals surface area contributed by atoms with Crippen LogP contribution in [0.2, 0.25) is 0 Å². The standard InChI is InChI=1S/C13H21N3O3S/c1-9(8-16(2)3)15-13(17)10-5-11(14)7-12(6-10)20(4,18)19/h5-7,9H,8,14H2,1-4H3,(H,15,17). The highest BCUT2D eigenvalue weighted by atomic mass is 32.2. The van der Waals surface area contributed by atoms with Crippen LogP contribution in [-0.4, -0.2) is 52.2 Å². The molecule has 0 bridgehead atoms. The number of carbonyl (C=O) groups is 1. The summed E-state index contributed by atoms with van der Waals surface area (Å²) in [4.78, 5) is 14.1. The number of nitrogens with two attached hydrogens (primary N) is 1. The van der Waals surface area contributed by atoms with Gasteiger partial charge in [-0.1, -0.05) is 0 Å². The number of hydrogen-bond acceptors (Lipinski definition) is 5. The van der Waals surface area contributed by atoms with Crippen molar-refractivity contribution in [1.29, 1.82) is 0 Å². The molecule has 1 aromatic rings. The lowest BCUT2D eigenvalue weighted by Gasteiger charge is -2.18. The Bertz CT molecular complexity index is 597. The number of nitrogens with zero attached hydrogens (tertiary/aromatic N) is 1. The first-order valence-corrected chi connectivity index (χ1v) is 8.05. The first-order valence-electron chi connectivity index (χ1n) is 6.16. The molecule has 0 radical (unpaired) electrons. The molecule has 1 rings (SSSR count). The first kappa shape index (κ1) is 16.5. The zero-order valence-corrected chi connectivity index (χ0v) is 13.0. The van der Waals surface area contributed by atoms with Crippen molar-refractivity contribution in [3.05, 3.63) is 23.8 Å². The molecular weight excluding hydrogens is 278 g/mol. The summed E-state index contributed by atoms with van der Waals surface area (Å²) in [6.45, 7) is 2.56. The average Bonchev–Trinajstić information content (AvgIpc) is 2.25. The number of benzene rings is 1. The van der Waals surface area contributed by atoms with Gasteiger partial charge in [-0.2, -0.15) is 0 Å². The Kier molecular flexibility index (Phi) is 5.13. The molecule has 0 aliphatic heterocycles. The van der Waals surface area contributed by atoms with Gasteiger partial charge < -0.3 is 16.0 Å². The van der Waals surface area contributed by atoms with E-state index in [4.69, 9.17) is 5.73 Å². The van der Waals surface area contributed by atoms with Crippen LogP contribution in [0.1, 0.15) is 17.3 Å². The van der Waals surface area contributed by atoms with Gasteiger partial charge in [-0.15, -0.1) is 0 Å². The lowest BCUT2D eigenvalue weighted by molar-refractivity contribution is 0.0934. The highest BCUT2D eigenvalue weighted by Crippen LogP contribution is 2.16. The largest absolute Gasteiger partial charge is 0.399 e.